The molecule has 0 atom stereocenters. The molecule has 2 aliphatic carbocycles. The number of fused-ring (bicyclic) bond motifs is 9. The summed E-state index contributed by atoms with van der Waals surface area (Å²) < 4.78 is 0. The molecule has 1 spiro atoms. The summed E-state index contributed by atoms with van der Waals surface area (Å²) in [5.74, 6) is 0.723. The smallest absolute Gasteiger partial charge is 0.160 e. The van der Waals surface area contributed by atoms with E-state index in [2.05, 4.69) is 172 Å². The summed E-state index contributed by atoms with van der Waals surface area (Å²) in [4.78, 5) is 10.1. The van der Waals surface area contributed by atoms with Gasteiger partial charge in [0.05, 0.1) is 16.8 Å². The molecule has 8 aromatic rings. The van der Waals surface area contributed by atoms with Crippen LogP contribution in [0.25, 0.3) is 56.2 Å². The van der Waals surface area contributed by atoms with Crippen molar-refractivity contribution < 1.29 is 0 Å². The van der Waals surface area contributed by atoms with Gasteiger partial charge in [0, 0.05) is 22.1 Å². The van der Waals surface area contributed by atoms with Crippen LogP contribution >= 0.6 is 0 Å². The molecule has 0 N–H and O–H groups in total. The molecule has 7 aromatic carbocycles. The molecule has 0 bridgehead atoms. The van der Waals surface area contributed by atoms with E-state index in [0.29, 0.717) is 0 Å². The van der Waals surface area contributed by atoms with Crippen molar-refractivity contribution in [1.82, 2.24) is 9.97 Å². The molecular formula is C50H36N2. The van der Waals surface area contributed by atoms with E-state index in [9.17, 15) is 0 Å². The molecule has 0 saturated carbocycles. The van der Waals surface area contributed by atoms with Crippen LogP contribution in [0.4, 0.5) is 0 Å². The molecule has 1 heterocycles. The SMILES string of the molecule is CC1(C)c2ccccc2C2(c3ccccc3-c3ccccc32)c2cc(-c3ccc(-c4cc(-c5ccccc5)nc(-c5ccccc5)n4)cc3)ccc21. The highest BCUT2D eigenvalue weighted by atomic mass is 14.9. The number of rotatable bonds is 4. The lowest BCUT2D eigenvalue weighted by Crippen LogP contribution is -2.40. The van der Waals surface area contributed by atoms with Crippen LogP contribution in [0.15, 0.2) is 182 Å². The summed E-state index contributed by atoms with van der Waals surface area (Å²) >= 11 is 0. The summed E-state index contributed by atoms with van der Waals surface area (Å²) in [5.41, 5.74) is 17.6. The third-order valence-corrected chi connectivity index (χ3v) is 11.4. The average molecular weight is 665 g/mol. The number of hydrogen-bond donors (Lipinski definition) is 0. The minimum absolute atomic E-state index is 0.161. The third-order valence-electron chi connectivity index (χ3n) is 11.4. The van der Waals surface area contributed by atoms with E-state index in [0.717, 1.165) is 33.9 Å². The Labute approximate surface area is 305 Å². The van der Waals surface area contributed by atoms with Crippen LogP contribution in [0, 0.1) is 0 Å². The van der Waals surface area contributed by atoms with Crippen molar-refractivity contribution in [2.45, 2.75) is 24.7 Å². The van der Waals surface area contributed by atoms with Crippen molar-refractivity contribution in [3.05, 3.63) is 215 Å². The van der Waals surface area contributed by atoms with Gasteiger partial charge in [0.2, 0.25) is 0 Å². The Morgan fingerprint density at radius 1 is 0.327 bits per heavy atom. The molecule has 0 amide bonds. The Hall–Kier alpha value is -6.38. The number of nitrogens with zero attached hydrogens (tertiary/aromatic N) is 2. The van der Waals surface area contributed by atoms with E-state index in [1.54, 1.807) is 0 Å². The summed E-state index contributed by atoms with van der Waals surface area (Å²) in [6.45, 7) is 4.77. The van der Waals surface area contributed by atoms with E-state index >= 15 is 0 Å². The first-order valence-corrected chi connectivity index (χ1v) is 18.1. The van der Waals surface area contributed by atoms with Crippen molar-refractivity contribution >= 4 is 0 Å². The Morgan fingerprint density at radius 2 is 0.769 bits per heavy atom. The van der Waals surface area contributed by atoms with Crippen molar-refractivity contribution in [3.8, 4) is 56.2 Å². The minimum Gasteiger partial charge on any atom is -0.228 e. The summed E-state index contributed by atoms with van der Waals surface area (Å²) in [6, 6.07) is 66.0. The quantitative estimate of drug-likeness (QED) is 0.187. The molecule has 10 rings (SSSR count). The normalized spacial score (nSPS) is 14.3. The first-order valence-electron chi connectivity index (χ1n) is 18.1. The number of hydrogen-bond acceptors (Lipinski definition) is 2. The highest BCUT2D eigenvalue weighted by molar-refractivity contribution is 5.89. The summed E-state index contributed by atoms with van der Waals surface area (Å²) in [7, 11) is 0. The fraction of sp³-hybridized carbons (Fsp3) is 0.0800. The van der Waals surface area contributed by atoms with Crippen molar-refractivity contribution in [1.29, 1.82) is 0 Å². The molecule has 2 heteroatoms. The molecular weight excluding hydrogens is 629 g/mol. The second-order valence-electron chi connectivity index (χ2n) is 14.5. The average Bonchev–Trinajstić information content (AvgIpc) is 3.51. The number of benzene rings is 7. The van der Waals surface area contributed by atoms with Gasteiger partial charge in [-0.05, 0) is 67.8 Å². The zero-order chi connectivity index (χ0) is 34.9. The van der Waals surface area contributed by atoms with E-state index in [1.165, 1.54) is 55.6 Å². The Bertz CT molecular complexity index is 2530. The monoisotopic (exact) mass is 664 g/mol. The molecule has 1 aromatic heterocycles. The molecule has 52 heavy (non-hydrogen) atoms. The van der Waals surface area contributed by atoms with Crippen molar-refractivity contribution in [2.75, 3.05) is 0 Å². The predicted molar refractivity (Wildman–Crippen MR) is 213 cm³/mol. The van der Waals surface area contributed by atoms with Gasteiger partial charge in [-0.2, -0.15) is 0 Å². The molecule has 0 saturated heterocycles. The standard InChI is InChI=1S/C50H36N2/c1-49(2)42-23-13-14-24-44(42)50(40-21-11-9-19-38(40)39-20-10-12-22-41(39)50)45-31-37(29-30-43(45)49)33-25-27-35(28-26-33)47-32-46(34-15-5-3-6-16-34)51-48(52-47)36-17-7-4-8-18-36/h3-32H,1-2H3. The van der Waals surface area contributed by atoms with Gasteiger partial charge in [0.25, 0.3) is 0 Å². The second kappa shape index (κ2) is 11.6. The fourth-order valence-electron chi connectivity index (χ4n) is 8.94. The molecule has 0 unspecified atom stereocenters. The largest absolute Gasteiger partial charge is 0.228 e. The number of aromatic nitrogens is 2. The molecule has 0 aliphatic heterocycles. The van der Waals surface area contributed by atoms with Crippen LogP contribution in [-0.2, 0) is 10.8 Å². The van der Waals surface area contributed by atoms with Gasteiger partial charge in [-0.25, -0.2) is 9.97 Å². The zero-order valence-electron chi connectivity index (χ0n) is 29.2. The highest BCUT2D eigenvalue weighted by Crippen LogP contribution is 2.62. The van der Waals surface area contributed by atoms with Gasteiger partial charge in [-0.3, -0.25) is 0 Å². The van der Waals surface area contributed by atoms with Crippen molar-refractivity contribution in [3.63, 3.8) is 0 Å². The van der Waals surface area contributed by atoms with E-state index in [-0.39, 0.29) is 5.41 Å². The maximum atomic E-state index is 5.08. The molecule has 2 nitrogen and oxygen atoms in total. The van der Waals surface area contributed by atoms with E-state index in [4.69, 9.17) is 9.97 Å². The molecule has 246 valence electrons. The van der Waals surface area contributed by atoms with Crippen LogP contribution in [0.2, 0.25) is 0 Å². The van der Waals surface area contributed by atoms with Gasteiger partial charge < -0.3 is 0 Å². The fourth-order valence-corrected chi connectivity index (χ4v) is 8.94. The summed E-state index contributed by atoms with van der Waals surface area (Å²) in [6.07, 6.45) is 0. The third kappa shape index (κ3) is 4.44. The lowest BCUT2D eigenvalue weighted by atomic mass is 9.55. The van der Waals surface area contributed by atoms with Gasteiger partial charge in [0.1, 0.15) is 0 Å². The van der Waals surface area contributed by atoms with Crippen LogP contribution in [0.5, 0.6) is 0 Å². The van der Waals surface area contributed by atoms with Crippen LogP contribution < -0.4 is 0 Å². The van der Waals surface area contributed by atoms with Gasteiger partial charge in [-0.1, -0.05) is 184 Å². The Kier molecular flexibility index (Phi) is 6.78. The maximum Gasteiger partial charge on any atom is 0.160 e. The van der Waals surface area contributed by atoms with Crippen molar-refractivity contribution in [2.24, 2.45) is 0 Å². The van der Waals surface area contributed by atoms with E-state index < -0.39 is 5.41 Å². The van der Waals surface area contributed by atoms with Crippen LogP contribution in [0.1, 0.15) is 47.2 Å². The first-order chi connectivity index (χ1) is 25.5. The lowest BCUT2D eigenvalue weighted by molar-refractivity contribution is 0.563. The second-order valence-corrected chi connectivity index (χ2v) is 14.5. The first kappa shape index (κ1) is 30.4. The molecule has 0 fully saturated rings. The van der Waals surface area contributed by atoms with E-state index in [1.807, 2.05) is 24.3 Å². The zero-order valence-corrected chi connectivity index (χ0v) is 29.2. The molecule has 0 radical (unpaired) electrons. The van der Waals surface area contributed by atoms with Gasteiger partial charge >= 0.3 is 0 Å². The predicted octanol–water partition coefficient (Wildman–Crippen LogP) is 12.1. The van der Waals surface area contributed by atoms with Gasteiger partial charge in [-0.15, -0.1) is 0 Å². The Balaban J connectivity index is 1.13. The Morgan fingerprint density at radius 3 is 1.38 bits per heavy atom. The minimum atomic E-state index is -0.410. The maximum absolute atomic E-state index is 5.08. The highest BCUT2D eigenvalue weighted by Gasteiger charge is 2.53. The van der Waals surface area contributed by atoms with Gasteiger partial charge in [0.15, 0.2) is 5.82 Å². The molecule has 2 aliphatic rings. The van der Waals surface area contributed by atoms with Crippen LogP contribution in [-0.4, -0.2) is 9.97 Å². The summed E-state index contributed by atoms with van der Waals surface area (Å²) in [5, 5.41) is 0. The lowest BCUT2D eigenvalue weighted by Gasteiger charge is -2.46. The van der Waals surface area contributed by atoms with Crippen LogP contribution in [0.3, 0.4) is 0 Å². The topological polar surface area (TPSA) is 25.8 Å².